The molecular formula is C32H47N. The Morgan fingerprint density at radius 2 is 1.85 bits per heavy atom. The molecular weight excluding hydrogens is 398 g/mol. The fourth-order valence-corrected chi connectivity index (χ4v) is 5.29. The zero-order valence-electron chi connectivity index (χ0n) is 22.7. The molecule has 180 valence electrons. The van der Waals surface area contributed by atoms with Gasteiger partial charge in [-0.25, -0.2) is 0 Å². The molecule has 0 amide bonds. The Morgan fingerprint density at radius 1 is 1.12 bits per heavy atom. The summed E-state index contributed by atoms with van der Waals surface area (Å²) in [7, 11) is 0. The number of hydrogen-bond donors (Lipinski definition) is 0. The van der Waals surface area contributed by atoms with E-state index in [9.17, 15) is 0 Å². The molecule has 0 aromatic carbocycles. The summed E-state index contributed by atoms with van der Waals surface area (Å²) in [6.07, 6.45) is 27.3. The van der Waals surface area contributed by atoms with Crippen molar-refractivity contribution in [3.8, 4) is 0 Å². The van der Waals surface area contributed by atoms with Crippen LogP contribution >= 0.6 is 0 Å². The van der Waals surface area contributed by atoms with E-state index in [0.29, 0.717) is 5.92 Å². The fraction of sp³-hybridized carbons (Fsp3) is 0.531. The normalized spacial score (nSPS) is 28.8. The van der Waals surface area contributed by atoms with Crippen molar-refractivity contribution in [1.82, 2.24) is 0 Å². The third kappa shape index (κ3) is 6.05. The second-order valence-corrected chi connectivity index (χ2v) is 10.5. The van der Waals surface area contributed by atoms with Crippen molar-refractivity contribution in [2.75, 3.05) is 0 Å². The lowest BCUT2D eigenvalue weighted by atomic mass is 9.55. The average molecular weight is 446 g/mol. The molecule has 0 heterocycles. The van der Waals surface area contributed by atoms with E-state index in [2.05, 4.69) is 123 Å². The summed E-state index contributed by atoms with van der Waals surface area (Å²) < 4.78 is 0. The Kier molecular flexibility index (Phi) is 9.70. The number of rotatable bonds is 7. The molecule has 0 spiro atoms. The second kappa shape index (κ2) is 11.8. The first-order valence-corrected chi connectivity index (χ1v) is 12.9. The first-order valence-electron chi connectivity index (χ1n) is 12.9. The van der Waals surface area contributed by atoms with Gasteiger partial charge in [-0.2, -0.15) is 0 Å². The highest BCUT2D eigenvalue weighted by atomic mass is 14.8. The van der Waals surface area contributed by atoms with Crippen molar-refractivity contribution in [2.24, 2.45) is 27.7 Å². The molecule has 0 saturated carbocycles. The first kappa shape index (κ1) is 27.1. The number of hydrogen-bond acceptors (Lipinski definition) is 1. The average Bonchev–Trinajstić information content (AvgIpc) is 2.79. The van der Waals surface area contributed by atoms with Crippen LogP contribution in [0.4, 0.5) is 0 Å². The van der Waals surface area contributed by atoms with Crippen LogP contribution in [0.15, 0.2) is 88.2 Å². The van der Waals surface area contributed by atoms with Crippen LogP contribution < -0.4 is 0 Å². The predicted molar refractivity (Wildman–Crippen MR) is 149 cm³/mol. The maximum absolute atomic E-state index is 5.19. The summed E-state index contributed by atoms with van der Waals surface area (Å²) in [6.45, 7) is 20.6. The van der Waals surface area contributed by atoms with E-state index in [1.807, 2.05) is 0 Å². The van der Waals surface area contributed by atoms with Crippen molar-refractivity contribution in [3.63, 3.8) is 0 Å². The van der Waals surface area contributed by atoms with Gasteiger partial charge in [0, 0.05) is 17.0 Å². The third-order valence-electron chi connectivity index (χ3n) is 7.81. The maximum atomic E-state index is 5.19. The van der Waals surface area contributed by atoms with Gasteiger partial charge in [0.2, 0.25) is 0 Å². The summed E-state index contributed by atoms with van der Waals surface area (Å²) in [4.78, 5) is 5.19. The van der Waals surface area contributed by atoms with E-state index in [-0.39, 0.29) is 16.7 Å². The predicted octanol–water partition coefficient (Wildman–Crippen LogP) is 9.73. The molecule has 0 radical (unpaired) electrons. The zero-order chi connectivity index (χ0) is 24.6. The molecule has 0 aromatic rings. The molecule has 0 N–H and O–H groups in total. The summed E-state index contributed by atoms with van der Waals surface area (Å²) in [5.74, 6) is 0.665. The minimum Gasteiger partial charge on any atom is -0.262 e. The number of allylic oxidation sites excluding steroid dienone is 13. The van der Waals surface area contributed by atoms with Crippen LogP contribution in [0.3, 0.4) is 0 Å². The van der Waals surface area contributed by atoms with Gasteiger partial charge in [0.15, 0.2) is 0 Å². The Bertz CT molecular complexity index is 926. The van der Waals surface area contributed by atoms with Crippen LogP contribution in [0, 0.1) is 22.7 Å². The standard InChI is InChI=1S/C32H47N/c1-10-13-23-32(9,31(7,8)22-11-2)28-21-17-20-27-19-16-14-15-18-24(4)30(26(6)29(27)28)33-25(5)12-3/h11,13-18,20,22-24,28H,10,12,19,21H2,1-9H3/b16-14-,18-15-,22-11?,23-13?,30-26+,33-25-. The second-order valence-electron chi connectivity index (χ2n) is 10.5. The van der Waals surface area contributed by atoms with Crippen LogP contribution in [0.25, 0.3) is 0 Å². The first-order chi connectivity index (χ1) is 15.6. The minimum absolute atomic E-state index is 0.0150. The highest BCUT2D eigenvalue weighted by Gasteiger charge is 2.46. The molecule has 33 heavy (non-hydrogen) atoms. The van der Waals surface area contributed by atoms with E-state index in [1.165, 1.54) is 28.1 Å². The summed E-state index contributed by atoms with van der Waals surface area (Å²) in [5.41, 5.74) is 6.73. The Hall–Kier alpha value is -2.15. The van der Waals surface area contributed by atoms with Crippen molar-refractivity contribution in [1.29, 1.82) is 0 Å². The molecule has 3 unspecified atom stereocenters. The highest BCUT2D eigenvalue weighted by Crippen LogP contribution is 2.54. The van der Waals surface area contributed by atoms with Crippen molar-refractivity contribution in [3.05, 3.63) is 83.2 Å². The van der Waals surface area contributed by atoms with Crippen LogP contribution in [0.2, 0.25) is 0 Å². The molecule has 0 saturated heterocycles. The van der Waals surface area contributed by atoms with Crippen LogP contribution in [-0.2, 0) is 0 Å². The van der Waals surface area contributed by atoms with E-state index in [0.717, 1.165) is 25.7 Å². The van der Waals surface area contributed by atoms with Gasteiger partial charge >= 0.3 is 0 Å². The molecule has 2 rings (SSSR count). The molecule has 0 aliphatic heterocycles. The van der Waals surface area contributed by atoms with Gasteiger partial charge in [-0.15, -0.1) is 0 Å². The van der Waals surface area contributed by atoms with Crippen LogP contribution in [-0.4, -0.2) is 5.71 Å². The number of nitrogens with zero attached hydrogens (tertiary/aromatic N) is 1. The molecule has 0 bridgehead atoms. The molecule has 2 aliphatic rings. The van der Waals surface area contributed by atoms with Gasteiger partial charge in [0.05, 0.1) is 5.70 Å². The SMILES string of the molecule is CC=CC(C)(C)C(C)(C=CCC)C1CC=CC2=C1/C(C)=C(/N=C(/C)CC)C(C)/C=C\C=C/C2. The van der Waals surface area contributed by atoms with Crippen LogP contribution in [0.5, 0.6) is 0 Å². The third-order valence-corrected chi connectivity index (χ3v) is 7.81. The van der Waals surface area contributed by atoms with E-state index in [4.69, 9.17) is 4.99 Å². The Balaban J connectivity index is 2.87. The van der Waals surface area contributed by atoms with Gasteiger partial charge < -0.3 is 0 Å². The quantitative estimate of drug-likeness (QED) is 0.273. The Morgan fingerprint density at radius 3 is 2.48 bits per heavy atom. The van der Waals surface area contributed by atoms with E-state index in [1.54, 1.807) is 0 Å². The Labute approximate surface area is 204 Å². The minimum atomic E-state index is -0.0241. The fourth-order valence-electron chi connectivity index (χ4n) is 5.29. The van der Waals surface area contributed by atoms with E-state index >= 15 is 0 Å². The smallest absolute Gasteiger partial charge is 0.0500 e. The monoisotopic (exact) mass is 445 g/mol. The van der Waals surface area contributed by atoms with Gasteiger partial charge in [-0.3, -0.25) is 4.99 Å². The zero-order valence-corrected chi connectivity index (χ0v) is 22.7. The van der Waals surface area contributed by atoms with Crippen molar-refractivity contribution >= 4 is 5.71 Å². The van der Waals surface area contributed by atoms with Crippen LogP contribution in [0.1, 0.15) is 88.0 Å². The summed E-state index contributed by atoms with van der Waals surface area (Å²) in [5, 5.41) is 0. The maximum Gasteiger partial charge on any atom is 0.0500 e. The molecule has 1 nitrogen and oxygen atoms in total. The molecule has 2 aliphatic carbocycles. The lowest BCUT2D eigenvalue weighted by molar-refractivity contribution is 0.136. The van der Waals surface area contributed by atoms with Gasteiger partial charge in [0.25, 0.3) is 0 Å². The highest BCUT2D eigenvalue weighted by molar-refractivity contribution is 5.82. The van der Waals surface area contributed by atoms with Gasteiger partial charge in [0.1, 0.15) is 0 Å². The lowest BCUT2D eigenvalue weighted by Crippen LogP contribution is -2.41. The molecule has 3 atom stereocenters. The summed E-state index contributed by atoms with van der Waals surface area (Å²) >= 11 is 0. The lowest BCUT2D eigenvalue weighted by Gasteiger charge is -2.49. The molecule has 0 aromatic heterocycles. The molecule has 0 fully saturated rings. The van der Waals surface area contributed by atoms with Crippen molar-refractivity contribution in [2.45, 2.75) is 88.0 Å². The molecule has 1 heteroatoms. The van der Waals surface area contributed by atoms with Gasteiger partial charge in [-0.05, 0) is 74.5 Å². The number of aliphatic imine (C=N–C) groups is 1. The van der Waals surface area contributed by atoms with Gasteiger partial charge in [-0.1, -0.05) is 102 Å². The van der Waals surface area contributed by atoms with Crippen molar-refractivity contribution < 1.29 is 0 Å². The van der Waals surface area contributed by atoms with E-state index < -0.39 is 0 Å². The topological polar surface area (TPSA) is 12.4 Å². The largest absolute Gasteiger partial charge is 0.262 e. The summed E-state index contributed by atoms with van der Waals surface area (Å²) in [6, 6.07) is 0.